The monoisotopic (exact) mass is 464 g/mol. The number of amides is 3. The van der Waals surface area contributed by atoms with Gasteiger partial charge in [-0.3, -0.25) is 24.6 Å². The number of H-pyrrole nitrogens is 1. The van der Waals surface area contributed by atoms with Crippen molar-refractivity contribution in [1.82, 2.24) is 15.2 Å². The number of hydrogen-bond acceptors (Lipinski definition) is 4. The molecule has 3 heterocycles. The van der Waals surface area contributed by atoms with Gasteiger partial charge in [0.05, 0.1) is 11.1 Å². The minimum Gasteiger partial charge on any atom is -0.361 e. The number of anilines is 1. The number of para-hydroxylation sites is 2. The van der Waals surface area contributed by atoms with Crippen molar-refractivity contribution in [3.8, 4) is 0 Å². The summed E-state index contributed by atoms with van der Waals surface area (Å²) in [4.78, 5) is 43.8. The molecule has 1 aromatic heterocycles. The number of hydrogen-bond donors (Lipinski definition) is 3. The molecule has 7 heteroatoms. The minimum atomic E-state index is -1.04. The molecule has 2 aliphatic rings. The van der Waals surface area contributed by atoms with Crippen molar-refractivity contribution < 1.29 is 14.4 Å². The first-order valence-corrected chi connectivity index (χ1v) is 11.7. The van der Waals surface area contributed by atoms with Gasteiger partial charge in [0.2, 0.25) is 5.91 Å². The predicted molar refractivity (Wildman–Crippen MR) is 133 cm³/mol. The summed E-state index contributed by atoms with van der Waals surface area (Å²) in [5, 5.41) is 7.64. The Morgan fingerprint density at radius 2 is 1.51 bits per heavy atom. The predicted octanol–water partition coefficient (Wildman–Crippen LogP) is 3.83. The second-order valence-corrected chi connectivity index (χ2v) is 9.00. The van der Waals surface area contributed by atoms with Crippen molar-refractivity contribution in [1.29, 1.82) is 0 Å². The van der Waals surface area contributed by atoms with Gasteiger partial charge in [-0.15, -0.1) is 0 Å². The van der Waals surface area contributed by atoms with Crippen LogP contribution in [-0.2, 0) is 16.8 Å². The zero-order chi connectivity index (χ0) is 24.0. The number of nitrogens with one attached hydrogen (secondary N) is 3. The number of imide groups is 1. The Morgan fingerprint density at radius 1 is 0.829 bits per heavy atom. The maximum absolute atomic E-state index is 13.4. The Labute approximate surface area is 202 Å². The molecule has 0 saturated carbocycles. The summed E-state index contributed by atoms with van der Waals surface area (Å²) in [7, 11) is 0. The van der Waals surface area contributed by atoms with E-state index in [9.17, 15) is 14.4 Å². The Bertz CT molecular complexity index is 1460. The Balaban J connectivity index is 1.26. The second-order valence-electron chi connectivity index (χ2n) is 9.00. The normalized spacial score (nSPS) is 18.7. The van der Waals surface area contributed by atoms with Crippen LogP contribution in [0.1, 0.15) is 38.3 Å². The number of aromatic nitrogens is 1. The lowest BCUT2D eigenvalue weighted by atomic mass is 9.87. The number of carbonyl (C=O) groups is 3. The molecule has 3 aromatic carbocycles. The zero-order valence-electron chi connectivity index (χ0n) is 19.0. The molecular formula is C28H24N4O3. The van der Waals surface area contributed by atoms with Crippen molar-refractivity contribution in [2.24, 2.45) is 0 Å². The van der Waals surface area contributed by atoms with Gasteiger partial charge in [0.15, 0.2) is 0 Å². The molecule has 0 radical (unpaired) electrons. The van der Waals surface area contributed by atoms with E-state index in [0.29, 0.717) is 24.1 Å². The van der Waals surface area contributed by atoms with E-state index in [1.165, 1.54) is 4.90 Å². The van der Waals surface area contributed by atoms with Crippen LogP contribution in [0.25, 0.3) is 10.9 Å². The van der Waals surface area contributed by atoms with Crippen molar-refractivity contribution >= 4 is 34.3 Å². The molecule has 0 saturated heterocycles. The zero-order valence-corrected chi connectivity index (χ0v) is 19.0. The second kappa shape index (κ2) is 8.21. The molecular weight excluding hydrogens is 440 g/mol. The van der Waals surface area contributed by atoms with Crippen LogP contribution in [0, 0.1) is 0 Å². The van der Waals surface area contributed by atoms with Crippen LogP contribution in [0.15, 0.2) is 79.0 Å². The summed E-state index contributed by atoms with van der Waals surface area (Å²) in [5.41, 5.74) is 3.60. The number of fused-ring (bicyclic) bond motifs is 3. The molecule has 6 rings (SSSR count). The molecule has 3 N–H and O–H groups in total. The van der Waals surface area contributed by atoms with E-state index < -0.39 is 5.54 Å². The van der Waals surface area contributed by atoms with Gasteiger partial charge in [0.1, 0.15) is 5.54 Å². The Morgan fingerprint density at radius 3 is 2.31 bits per heavy atom. The van der Waals surface area contributed by atoms with E-state index in [1.807, 2.05) is 48.7 Å². The highest BCUT2D eigenvalue weighted by Crippen LogP contribution is 2.39. The van der Waals surface area contributed by atoms with Crippen LogP contribution in [0.5, 0.6) is 0 Å². The summed E-state index contributed by atoms with van der Waals surface area (Å²) in [6, 6.07) is 22.5. The molecule has 1 atom stereocenters. The molecule has 35 heavy (non-hydrogen) atoms. The summed E-state index contributed by atoms with van der Waals surface area (Å²) in [5.74, 6) is -0.799. The lowest BCUT2D eigenvalue weighted by Gasteiger charge is -2.30. The summed E-state index contributed by atoms with van der Waals surface area (Å²) in [6.07, 6.45) is 2.99. The van der Waals surface area contributed by atoms with Gasteiger partial charge >= 0.3 is 0 Å². The van der Waals surface area contributed by atoms with E-state index in [1.54, 1.807) is 24.3 Å². The first-order chi connectivity index (χ1) is 17.1. The lowest BCUT2D eigenvalue weighted by Crippen LogP contribution is -2.51. The average Bonchev–Trinajstić information content (AvgIpc) is 3.50. The number of aromatic amines is 1. The summed E-state index contributed by atoms with van der Waals surface area (Å²) < 4.78 is 0. The smallest absolute Gasteiger partial charge is 0.261 e. The third kappa shape index (κ3) is 3.35. The van der Waals surface area contributed by atoms with Crippen LogP contribution in [-0.4, -0.2) is 40.7 Å². The number of benzene rings is 3. The maximum Gasteiger partial charge on any atom is 0.261 e. The highest BCUT2D eigenvalue weighted by molar-refractivity contribution is 6.21. The molecule has 0 aliphatic carbocycles. The maximum atomic E-state index is 13.4. The van der Waals surface area contributed by atoms with Crippen LogP contribution in [0.3, 0.4) is 0 Å². The molecule has 2 aliphatic heterocycles. The molecule has 7 nitrogen and oxygen atoms in total. The number of carbonyl (C=O) groups excluding carboxylic acids is 3. The SMILES string of the molecule is O=C1c2ccccc2C(=O)N1CCC1(NCCc2c[nH]c3ccccc23)C(=O)Nc2ccccc21. The molecule has 3 amide bonds. The average molecular weight is 465 g/mol. The third-order valence-corrected chi connectivity index (χ3v) is 7.11. The van der Waals surface area contributed by atoms with Gasteiger partial charge in [-0.05, 0) is 42.7 Å². The van der Waals surface area contributed by atoms with Crippen LogP contribution >= 0.6 is 0 Å². The van der Waals surface area contributed by atoms with Crippen LogP contribution in [0.4, 0.5) is 5.69 Å². The van der Waals surface area contributed by atoms with E-state index in [0.717, 1.165) is 27.7 Å². The van der Waals surface area contributed by atoms with Gasteiger partial charge < -0.3 is 10.3 Å². The van der Waals surface area contributed by atoms with Crippen LogP contribution < -0.4 is 10.6 Å². The number of nitrogens with zero attached hydrogens (tertiary/aromatic N) is 1. The lowest BCUT2D eigenvalue weighted by molar-refractivity contribution is -0.122. The van der Waals surface area contributed by atoms with E-state index in [-0.39, 0.29) is 30.7 Å². The molecule has 0 fully saturated rings. The fraction of sp³-hybridized carbons (Fsp3) is 0.179. The van der Waals surface area contributed by atoms with Crippen molar-refractivity contribution in [3.05, 3.63) is 101 Å². The van der Waals surface area contributed by atoms with Crippen molar-refractivity contribution in [3.63, 3.8) is 0 Å². The van der Waals surface area contributed by atoms with Gasteiger partial charge in [0, 0.05) is 41.4 Å². The third-order valence-electron chi connectivity index (χ3n) is 7.11. The van der Waals surface area contributed by atoms with Gasteiger partial charge in [-0.25, -0.2) is 0 Å². The topological polar surface area (TPSA) is 94.3 Å². The first kappa shape index (κ1) is 21.3. The minimum absolute atomic E-state index is 0.133. The standard InChI is InChI=1S/C28H24N4O3/c33-25-20-8-1-2-9-21(20)26(34)32(25)16-14-28(22-10-4-6-12-24(22)31-27(28)35)30-15-13-18-17-29-23-11-5-3-7-19(18)23/h1-12,17,29-30H,13-16H2,(H,31,35). The van der Waals surface area contributed by atoms with Gasteiger partial charge in [-0.2, -0.15) is 0 Å². The Hall–Kier alpha value is -4.23. The highest BCUT2D eigenvalue weighted by atomic mass is 16.2. The molecule has 0 bridgehead atoms. The van der Waals surface area contributed by atoms with E-state index in [2.05, 4.69) is 21.7 Å². The van der Waals surface area contributed by atoms with Crippen molar-refractivity contribution in [2.75, 3.05) is 18.4 Å². The quantitative estimate of drug-likeness (QED) is 0.362. The largest absolute Gasteiger partial charge is 0.361 e. The number of rotatable bonds is 7. The van der Waals surface area contributed by atoms with Gasteiger partial charge in [0.25, 0.3) is 11.8 Å². The van der Waals surface area contributed by atoms with E-state index in [4.69, 9.17) is 0 Å². The summed E-state index contributed by atoms with van der Waals surface area (Å²) >= 11 is 0. The first-order valence-electron chi connectivity index (χ1n) is 11.7. The Kier molecular flexibility index (Phi) is 5.00. The van der Waals surface area contributed by atoms with Crippen LogP contribution in [0.2, 0.25) is 0 Å². The fourth-order valence-electron chi connectivity index (χ4n) is 5.30. The summed E-state index contributed by atoms with van der Waals surface area (Å²) in [6.45, 7) is 0.680. The van der Waals surface area contributed by atoms with E-state index >= 15 is 0 Å². The molecule has 0 spiro atoms. The highest BCUT2D eigenvalue weighted by Gasteiger charge is 2.47. The van der Waals surface area contributed by atoms with Crippen molar-refractivity contribution in [2.45, 2.75) is 18.4 Å². The molecule has 1 unspecified atom stereocenters. The van der Waals surface area contributed by atoms with Gasteiger partial charge in [-0.1, -0.05) is 48.5 Å². The molecule has 174 valence electrons. The molecule has 4 aromatic rings. The fourth-order valence-corrected chi connectivity index (χ4v) is 5.30.